The number of rotatable bonds is 10. The molecule has 1 saturated heterocycles. The fourth-order valence-corrected chi connectivity index (χ4v) is 5.01. The largest absolute Gasteiger partial charge is 0.498 e. The van der Waals surface area contributed by atoms with Gasteiger partial charge in [0.25, 0.3) is 0 Å². The maximum absolute atomic E-state index is 10.7. The number of aliphatic hydroxyl groups excluding tert-OH is 1. The van der Waals surface area contributed by atoms with Crippen LogP contribution < -0.4 is 0 Å². The molecule has 1 fully saturated rings. The minimum Gasteiger partial charge on any atom is -0.390 e. The van der Waals surface area contributed by atoms with Gasteiger partial charge in [0.2, 0.25) is 0 Å². The van der Waals surface area contributed by atoms with Crippen molar-refractivity contribution in [1.29, 1.82) is 0 Å². The lowest BCUT2D eigenvalue weighted by molar-refractivity contribution is -0.926. The maximum atomic E-state index is 10.7. The highest BCUT2D eigenvalue weighted by atomic mass is 28.4. The molecule has 0 amide bonds. The summed E-state index contributed by atoms with van der Waals surface area (Å²) in [6.45, 7) is 5.11. The first kappa shape index (κ1) is 22.0. The lowest BCUT2D eigenvalue weighted by Gasteiger charge is -2.49. The van der Waals surface area contributed by atoms with Gasteiger partial charge in [-0.2, -0.15) is 0 Å². The Morgan fingerprint density at radius 2 is 1.50 bits per heavy atom. The highest BCUT2D eigenvalue weighted by Crippen LogP contribution is 2.29. The molecular weight excluding hydrogens is 324 g/mol. The van der Waals surface area contributed by atoms with Gasteiger partial charge in [0.1, 0.15) is 6.61 Å². The lowest BCUT2D eigenvalue weighted by atomic mass is 9.99. The number of unbranched alkanes of at least 4 members (excludes halogenated alkanes) is 2. The fourth-order valence-electron chi connectivity index (χ4n) is 3.04. The highest BCUT2D eigenvalue weighted by Gasteiger charge is 2.53. The van der Waals surface area contributed by atoms with Gasteiger partial charge in [0, 0.05) is 12.5 Å². The average molecular weight is 365 g/mol. The quantitative estimate of drug-likeness (QED) is 0.346. The molecule has 0 radical (unpaired) electrons. The van der Waals surface area contributed by atoms with E-state index in [0.717, 1.165) is 17.4 Å². The van der Waals surface area contributed by atoms with Crippen LogP contribution in [-0.2, 0) is 8.85 Å². The Kier molecular flexibility index (Phi) is 7.87. The maximum Gasteiger partial charge on any atom is 0.498 e. The second-order valence-electron chi connectivity index (χ2n) is 8.88. The second kappa shape index (κ2) is 8.57. The van der Waals surface area contributed by atoms with E-state index in [9.17, 15) is 9.90 Å². The summed E-state index contributed by atoms with van der Waals surface area (Å²) in [6, 6.07) is 0.598. The molecule has 0 aromatic heterocycles. The third-order valence-electron chi connectivity index (χ3n) is 5.47. The van der Waals surface area contributed by atoms with Crippen LogP contribution >= 0.6 is 0 Å². The van der Waals surface area contributed by atoms with Gasteiger partial charge < -0.3 is 27.7 Å². The third-order valence-corrected chi connectivity index (χ3v) is 7.65. The molecule has 6 nitrogen and oxygen atoms in total. The number of likely N-dealkylation sites (N-methyl/N-ethyl adjacent to an activating group) is 1. The van der Waals surface area contributed by atoms with Crippen molar-refractivity contribution in [2.45, 2.75) is 44.2 Å². The number of quaternary nitrogens is 2. The molecule has 0 unspecified atom stereocenters. The van der Waals surface area contributed by atoms with Crippen LogP contribution in [0.5, 0.6) is 0 Å². The van der Waals surface area contributed by atoms with Gasteiger partial charge in [0.15, 0.2) is 5.54 Å². The molecule has 144 valence electrons. The van der Waals surface area contributed by atoms with E-state index >= 15 is 0 Å². The normalized spacial score (nSPS) is 29.0. The summed E-state index contributed by atoms with van der Waals surface area (Å²) in [5.74, 6) is 0. The van der Waals surface area contributed by atoms with E-state index in [1.807, 2.05) is 21.1 Å². The second-order valence-corrected chi connectivity index (χ2v) is 11.4. The van der Waals surface area contributed by atoms with Crippen molar-refractivity contribution in [3.63, 3.8) is 0 Å². The Morgan fingerprint density at radius 1 is 0.958 bits per heavy atom. The first-order valence-corrected chi connectivity index (χ1v) is 11.2. The zero-order chi connectivity index (χ0) is 18.5. The summed E-state index contributed by atoms with van der Waals surface area (Å²) in [6.07, 6.45) is 4.67. The van der Waals surface area contributed by atoms with Crippen molar-refractivity contribution in [2.75, 3.05) is 68.1 Å². The van der Waals surface area contributed by atoms with Gasteiger partial charge in [-0.3, -0.25) is 0 Å². The zero-order valence-electron chi connectivity index (χ0n) is 16.7. The third kappa shape index (κ3) is 6.05. The fraction of sp³-hybridized carbons (Fsp3) is 1.00. The number of hydrogen-bond acceptors (Lipinski definition) is 4. The smallest absolute Gasteiger partial charge is 0.390 e. The molecule has 0 aromatic carbocycles. The Labute approximate surface area is 149 Å². The molecule has 0 aliphatic carbocycles. The summed E-state index contributed by atoms with van der Waals surface area (Å²) >= 11 is 0. The predicted molar refractivity (Wildman–Crippen MR) is 98.5 cm³/mol. The molecule has 1 aliphatic rings. The molecule has 1 rings (SSSR count). The summed E-state index contributed by atoms with van der Waals surface area (Å²) in [5, 5.41) is 9.79. The Balaban J connectivity index is 2.45. The molecule has 24 heavy (non-hydrogen) atoms. The summed E-state index contributed by atoms with van der Waals surface area (Å²) in [7, 11) is 7.46. The molecule has 7 heteroatoms. The van der Waals surface area contributed by atoms with Gasteiger partial charge in [0.05, 0.1) is 61.5 Å². The van der Waals surface area contributed by atoms with Crippen LogP contribution in [0, 0.1) is 0 Å². The van der Waals surface area contributed by atoms with E-state index in [1.165, 1.54) is 25.8 Å². The SMILES string of the molecule is CCCCC[N+](C)(C)CCC[Si]1(O)OCC(CO)([N+](C)(C)C)CO1. The molecule has 0 aromatic rings. The standard InChI is InChI=1S/C17H40N2O4Si/c1-7-8-9-11-19(5,6)12-10-13-24(21)22-15-17(14-20,16-23-24)18(2,3)4/h20-21H,7-16H2,1-6H3/q+2. The molecule has 1 heterocycles. The number of nitrogens with zero attached hydrogens (tertiary/aromatic N) is 2. The van der Waals surface area contributed by atoms with E-state index in [4.69, 9.17) is 8.85 Å². The van der Waals surface area contributed by atoms with Crippen LogP contribution in [0.1, 0.15) is 32.6 Å². The minimum atomic E-state index is -3.09. The highest BCUT2D eigenvalue weighted by molar-refractivity contribution is 6.59. The van der Waals surface area contributed by atoms with E-state index in [0.29, 0.717) is 23.7 Å². The summed E-state index contributed by atoms with van der Waals surface area (Å²) in [4.78, 5) is 10.7. The van der Waals surface area contributed by atoms with Crippen molar-refractivity contribution in [3.8, 4) is 0 Å². The van der Waals surface area contributed by atoms with Crippen LogP contribution in [0.2, 0.25) is 6.04 Å². The van der Waals surface area contributed by atoms with Crippen molar-refractivity contribution in [1.82, 2.24) is 0 Å². The van der Waals surface area contributed by atoms with Gasteiger partial charge in [-0.05, 0) is 12.8 Å². The van der Waals surface area contributed by atoms with Gasteiger partial charge in [-0.25, -0.2) is 0 Å². The summed E-state index contributed by atoms with van der Waals surface area (Å²) in [5.41, 5.74) is -0.491. The molecular formula is C17H40N2O4Si+2. The van der Waals surface area contributed by atoms with Crippen LogP contribution in [0.25, 0.3) is 0 Å². The monoisotopic (exact) mass is 364 g/mol. The van der Waals surface area contributed by atoms with E-state index < -0.39 is 14.3 Å². The van der Waals surface area contributed by atoms with Crippen LogP contribution in [0.15, 0.2) is 0 Å². The van der Waals surface area contributed by atoms with Gasteiger partial charge in [-0.15, -0.1) is 0 Å². The van der Waals surface area contributed by atoms with Crippen LogP contribution in [0.3, 0.4) is 0 Å². The molecule has 2 N–H and O–H groups in total. The average Bonchev–Trinajstić information content (AvgIpc) is 2.47. The van der Waals surface area contributed by atoms with E-state index in [-0.39, 0.29) is 6.61 Å². The van der Waals surface area contributed by atoms with Gasteiger partial charge in [-0.1, -0.05) is 13.3 Å². The van der Waals surface area contributed by atoms with E-state index in [1.54, 1.807) is 0 Å². The van der Waals surface area contributed by atoms with Crippen molar-refractivity contribution in [2.24, 2.45) is 0 Å². The molecule has 0 bridgehead atoms. The Morgan fingerprint density at radius 3 is 1.96 bits per heavy atom. The van der Waals surface area contributed by atoms with E-state index in [2.05, 4.69) is 21.0 Å². The molecule has 0 saturated carbocycles. The molecule has 0 atom stereocenters. The lowest BCUT2D eigenvalue weighted by Crippen LogP contribution is -2.70. The van der Waals surface area contributed by atoms with Crippen molar-refractivity contribution < 1.29 is 27.7 Å². The van der Waals surface area contributed by atoms with Crippen LogP contribution in [0.4, 0.5) is 0 Å². The van der Waals surface area contributed by atoms with Gasteiger partial charge >= 0.3 is 8.80 Å². The molecule has 1 aliphatic heterocycles. The number of hydrogen-bond donors (Lipinski definition) is 2. The molecule has 0 spiro atoms. The van der Waals surface area contributed by atoms with Crippen molar-refractivity contribution >= 4 is 8.80 Å². The zero-order valence-corrected chi connectivity index (χ0v) is 17.7. The first-order valence-electron chi connectivity index (χ1n) is 9.24. The Bertz CT molecular complexity index is 377. The Hall–Kier alpha value is -0.0231. The summed E-state index contributed by atoms with van der Waals surface area (Å²) < 4.78 is 13.1. The number of aliphatic hydroxyl groups is 1. The van der Waals surface area contributed by atoms with Crippen molar-refractivity contribution in [3.05, 3.63) is 0 Å². The minimum absolute atomic E-state index is 0.0116. The predicted octanol–water partition coefficient (Wildman–Crippen LogP) is 1.06. The topological polar surface area (TPSA) is 58.9 Å². The van der Waals surface area contributed by atoms with Crippen LogP contribution in [-0.4, -0.2) is 101 Å². The first-order chi connectivity index (χ1) is 11.0.